The largest absolute Gasteiger partial charge is 0.378 e. The molecule has 23 heavy (non-hydrogen) atoms. The summed E-state index contributed by atoms with van der Waals surface area (Å²) >= 11 is 1.88. The van der Waals surface area contributed by atoms with Crippen molar-refractivity contribution in [2.24, 2.45) is 4.99 Å². The van der Waals surface area contributed by atoms with Gasteiger partial charge in [-0.2, -0.15) is 0 Å². The molecule has 0 spiro atoms. The van der Waals surface area contributed by atoms with Gasteiger partial charge >= 0.3 is 0 Å². The van der Waals surface area contributed by atoms with Gasteiger partial charge in [0.15, 0.2) is 0 Å². The summed E-state index contributed by atoms with van der Waals surface area (Å²) in [5.74, 6) is 1.14. The van der Waals surface area contributed by atoms with Gasteiger partial charge < -0.3 is 15.1 Å². The van der Waals surface area contributed by atoms with Crippen molar-refractivity contribution in [2.75, 3.05) is 38.5 Å². The van der Waals surface area contributed by atoms with E-state index in [1.54, 1.807) is 0 Å². The van der Waals surface area contributed by atoms with Crippen molar-refractivity contribution in [3.63, 3.8) is 0 Å². The van der Waals surface area contributed by atoms with Crippen LogP contribution >= 0.6 is 11.3 Å². The molecule has 0 bridgehead atoms. The molecule has 4 nitrogen and oxygen atoms in total. The summed E-state index contributed by atoms with van der Waals surface area (Å²) in [4.78, 5) is 12.6. The summed E-state index contributed by atoms with van der Waals surface area (Å²) < 4.78 is 0. The number of aliphatic imine (C=N–C) groups is 1. The van der Waals surface area contributed by atoms with Crippen LogP contribution in [0, 0.1) is 6.92 Å². The Hall–Kier alpha value is -1.85. The molecule has 0 saturated carbocycles. The summed E-state index contributed by atoms with van der Waals surface area (Å²) in [6.07, 6.45) is 0. The minimum absolute atomic E-state index is 0.873. The number of likely N-dealkylation sites (N-methyl/N-ethyl adjacent to an activating group) is 1. The van der Waals surface area contributed by atoms with E-state index < -0.39 is 0 Å². The predicted molar refractivity (Wildman–Crippen MR) is 98.1 cm³/mol. The van der Waals surface area contributed by atoms with E-state index in [9.17, 15) is 0 Å². The minimum Gasteiger partial charge on any atom is -0.378 e. The van der Waals surface area contributed by atoms with Crippen molar-refractivity contribution >= 4 is 28.5 Å². The number of thiophene rings is 1. The van der Waals surface area contributed by atoms with Crippen molar-refractivity contribution in [1.82, 2.24) is 9.80 Å². The number of rotatable bonds is 0. The normalized spacial score (nSPS) is 18.3. The lowest BCUT2D eigenvalue weighted by molar-refractivity contribution is 0.216. The van der Waals surface area contributed by atoms with Crippen LogP contribution in [0.15, 0.2) is 35.3 Å². The van der Waals surface area contributed by atoms with Crippen LogP contribution in [0.25, 0.3) is 0 Å². The smallest absolute Gasteiger partial charge is 0.137 e. The Labute approximate surface area is 141 Å². The van der Waals surface area contributed by atoms with Gasteiger partial charge in [-0.25, -0.2) is 4.99 Å². The van der Waals surface area contributed by atoms with Gasteiger partial charge in [-0.1, -0.05) is 12.1 Å². The molecule has 1 saturated heterocycles. The van der Waals surface area contributed by atoms with Crippen LogP contribution in [0.4, 0.5) is 11.4 Å². The zero-order chi connectivity index (χ0) is 15.8. The number of amidine groups is 1. The van der Waals surface area contributed by atoms with Crippen LogP contribution in [0.5, 0.6) is 0 Å². The van der Waals surface area contributed by atoms with E-state index in [1.807, 2.05) is 11.3 Å². The van der Waals surface area contributed by atoms with Crippen LogP contribution in [-0.4, -0.2) is 48.9 Å². The fraction of sp³-hybridized carbons (Fsp3) is 0.389. The highest BCUT2D eigenvalue weighted by Gasteiger charge is 2.24. The Kier molecular flexibility index (Phi) is 3.83. The first-order chi connectivity index (χ1) is 11.2. The fourth-order valence-electron chi connectivity index (χ4n) is 3.21. The molecule has 2 aromatic rings. The highest BCUT2D eigenvalue weighted by molar-refractivity contribution is 7.12. The number of anilines is 1. The predicted octanol–water partition coefficient (Wildman–Crippen LogP) is 3.31. The maximum Gasteiger partial charge on any atom is 0.137 e. The molecule has 2 aliphatic heterocycles. The summed E-state index contributed by atoms with van der Waals surface area (Å²) in [6, 6.07) is 10.6. The molecule has 120 valence electrons. The fourth-order valence-corrected chi connectivity index (χ4v) is 4.18. The van der Waals surface area contributed by atoms with Gasteiger partial charge in [0.1, 0.15) is 5.84 Å². The van der Waals surface area contributed by atoms with Crippen LogP contribution in [0.1, 0.15) is 15.3 Å². The van der Waals surface area contributed by atoms with E-state index in [-0.39, 0.29) is 0 Å². The zero-order valence-corrected chi connectivity index (χ0v) is 14.5. The lowest BCUT2D eigenvalue weighted by Gasteiger charge is -2.35. The van der Waals surface area contributed by atoms with Crippen LogP contribution in [-0.2, 0) is 6.54 Å². The third-order valence-electron chi connectivity index (χ3n) is 4.55. The highest BCUT2D eigenvalue weighted by Crippen LogP contribution is 2.33. The van der Waals surface area contributed by atoms with Crippen molar-refractivity contribution in [3.05, 3.63) is 45.6 Å². The number of para-hydroxylation sites is 2. The third-order valence-corrected chi connectivity index (χ3v) is 5.60. The van der Waals surface area contributed by atoms with E-state index in [0.29, 0.717) is 0 Å². The maximum absolute atomic E-state index is 5.07. The molecule has 0 unspecified atom stereocenters. The molecule has 0 atom stereocenters. The van der Waals surface area contributed by atoms with Gasteiger partial charge in [-0.05, 0) is 32.2 Å². The van der Waals surface area contributed by atoms with Crippen molar-refractivity contribution < 1.29 is 0 Å². The Morgan fingerprint density at radius 1 is 1.13 bits per heavy atom. The summed E-state index contributed by atoms with van der Waals surface area (Å²) in [6.45, 7) is 7.33. The van der Waals surface area contributed by atoms with Gasteiger partial charge in [0, 0.05) is 41.5 Å². The molecule has 0 amide bonds. The lowest BCUT2D eigenvalue weighted by atomic mass is 10.1. The van der Waals surface area contributed by atoms with Crippen LogP contribution < -0.4 is 5.32 Å². The molecule has 5 heteroatoms. The number of hydrogen-bond donors (Lipinski definition) is 1. The van der Waals surface area contributed by atoms with Gasteiger partial charge in [0.2, 0.25) is 0 Å². The van der Waals surface area contributed by atoms with Gasteiger partial charge in [0.05, 0.1) is 17.9 Å². The van der Waals surface area contributed by atoms with Gasteiger partial charge in [-0.15, -0.1) is 11.3 Å². The van der Waals surface area contributed by atoms with Crippen LogP contribution in [0.3, 0.4) is 0 Å². The third kappa shape index (κ3) is 2.86. The van der Waals surface area contributed by atoms with Gasteiger partial charge in [0.25, 0.3) is 0 Å². The molecule has 0 radical (unpaired) electrons. The molecule has 2 aliphatic rings. The molecular formula is C18H22N4S. The Morgan fingerprint density at radius 3 is 2.74 bits per heavy atom. The monoisotopic (exact) mass is 326 g/mol. The molecule has 1 aromatic heterocycles. The van der Waals surface area contributed by atoms with E-state index in [2.05, 4.69) is 59.4 Å². The standard InChI is InChI=1S/C18H22N4S/c1-13-11-14-17(23-13)12-19-15-5-3-4-6-16(15)20-18(14)22-9-7-21(2)8-10-22/h3-6,11,19H,7-10,12H2,1-2H3. The number of nitrogens with one attached hydrogen (secondary N) is 1. The lowest BCUT2D eigenvalue weighted by Crippen LogP contribution is -2.47. The average molecular weight is 326 g/mol. The first kappa shape index (κ1) is 14.7. The van der Waals surface area contributed by atoms with Crippen LogP contribution in [0.2, 0.25) is 0 Å². The van der Waals surface area contributed by atoms with Crippen molar-refractivity contribution in [1.29, 1.82) is 0 Å². The summed E-state index contributed by atoms with van der Waals surface area (Å²) in [5, 5.41) is 3.54. The quantitative estimate of drug-likeness (QED) is 0.806. The molecule has 1 aromatic carbocycles. The first-order valence-corrected chi connectivity index (χ1v) is 8.97. The minimum atomic E-state index is 0.873. The molecule has 4 rings (SSSR count). The number of hydrogen-bond acceptors (Lipinski definition) is 5. The topological polar surface area (TPSA) is 30.9 Å². The second kappa shape index (κ2) is 5.98. The molecule has 1 fully saturated rings. The highest BCUT2D eigenvalue weighted by atomic mass is 32.1. The van der Waals surface area contributed by atoms with E-state index in [4.69, 9.17) is 4.99 Å². The summed E-state index contributed by atoms with van der Waals surface area (Å²) in [7, 11) is 2.19. The number of fused-ring (bicyclic) bond motifs is 2. The molecule has 0 aliphatic carbocycles. The number of piperazine rings is 1. The molecule has 3 heterocycles. The number of benzene rings is 1. The second-order valence-corrected chi connectivity index (χ2v) is 7.63. The SMILES string of the molecule is Cc1cc2c(s1)CNc1ccccc1N=C2N1CCN(C)CC1. The maximum atomic E-state index is 5.07. The Balaban J connectivity index is 1.81. The van der Waals surface area contributed by atoms with E-state index in [0.717, 1.165) is 49.9 Å². The summed E-state index contributed by atoms with van der Waals surface area (Å²) in [5.41, 5.74) is 3.46. The average Bonchev–Trinajstić information content (AvgIpc) is 2.91. The van der Waals surface area contributed by atoms with Crippen molar-refractivity contribution in [2.45, 2.75) is 13.5 Å². The first-order valence-electron chi connectivity index (χ1n) is 8.15. The zero-order valence-electron chi connectivity index (χ0n) is 13.7. The molecule has 1 N–H and O–H groups in total. The van der Waals surface area contributed by atoms with E-state index in [1.165, 1.54) is 15.3 Å². The second-order valence-electron chi connectivity index (χ2n) is 6.29. The Bertz CT molecular complexity index is 741. The van der Waals surface area contributed by atoms with Crippen molar-refractivity contribution in [3.8, 4) is 0 Å². The molecular weight excluding hydrogens is 304 g/mol. The number of aryl methyl sites for hydroxylation is 1. The van der Waals surface area contributed by atoms with E-state index >= 15 is 0 Å². The van der Waals surface area contributed by atoms with Gasteiger partial charge in [-0.3, -0.25) is 0 Å². The Morgan fingerprint density at radius 2 is 1.91 bits per heavy atom. The number of nitrogens with zero attached hydrogens (tertiary/aromatic N) is 3.